The number of pyridine rings is 2. The van der Waals surface area contributed by atoms with Crippen LogP contribution in [0.2, 0.25) is 0 Å². The Balaban J connectivity index is 1.79. The molecule has 0 radical (unpaired) electrons. The van der Waals surface area contributed by atoms with E-state index in [2.05, 4.69) is 42.4 Å². The van der Waals surface area contributed by atoms with Crippen LogP contribution in [0, 0.1) is 0 Å². The number of halogens is 4. The van der Waals surface area contributed by atoms with Crippen LogP contribution in [-0.4, -0.2) is 42.8 Å². The third-order valence-electron chi connectivity index (χ3n) is 4.68. The van der Waals surface area contributed by atoms with Crippen LogP contribution in [0.4, 0.5) is 24.7 Å². The highest BCUT2D eigenvalue weighted by Crippen LogP contribution is 2.31. The first-order chi connectivity index (χ1) is 15.6. The van der Waals surface area contributed by atoms with Crippen LogP contribution in [0.3, 0.4) is 0 Å². The smallest absolute Gasteiger partial charge is 0.383 e. The summed E-state index contributed by atoms with van der Waals surface area (Å²) in [5, 5.41) is 7.43. The Labute approximate surface area is 201 Å². The third-order valence-corrected chi connectivity index (χ3v) is 6.57. The van der Waals surface area contributed by atoms with Gasteiger partial charge in [0.2, 0.25) is 0 Å². The minimum Gasteiger partial charge on any atom is -0.383 e. The van der Waals surface area contributed by atoms with Gasteiger partial charge in [0.15, 0.2) is 0 Å². The van der Waals surface area contributed by atoms with Gasteiger partial charge >= 0.3 is 18.0 Å². The van der Waals surface area contributed by atoms with Crippen LogP contribution in [-0.2, 0) is 22.3 Å². The summed E-state index contributed by atoms with van der Waals surface area (Å²) in [6, 6.07) is 2.09. The number of fused-ring (bicyclic) bond motifs is 1. The maximum atomic E-state index is 12.9. The highest BCUT2D eigenvalue weighted by atomic mass is 127. The molecule has 3 rings (SSSR count). The van der Waals surface area contributed by atoms with Crippen molar-refractivity contribution in [3.63, 3.8) is 0 Å². The molecule has 2 amide bonds. The maximum absolute atomic E-state index is 12.9. The molecule has 0 bridgehead atoms. The molecule has 1 atom stereocenters. The van der Waals surface area contributed by atoms with Crippen LogP contribution in [0.25, 0.3) is 10.9 Å². The Morgan fingerprint density at radius 1 is 1.27 bits per heavy atom. The van der Waals surface area contributed by atoms with Gasteiger partial charge in [0, 0.05) is 18.9 Å². The quantitative estimate of drug-likeness (QED) is 0.243. The number of rotatable bonds is 7. The predicted molar refractivity (Wildman–Crippen MR) is 128 cm³/mol. The largest absolute Gasteiger partial charge is 0.417 e. The van der Waals surface area contributed by atoms with Crippen molar-refractivity contribution in [3.8, 4) is 0 Å². The van der Waals surface area contributed by atoms with Gasteiger partial charge in [-0.1, -0.05) is 13.3 Å². The van der Waals surface area contributed by atoms with Gasteiger partial charge in [-0.05, 0) is 40.6 Å². The molecule has 0 saturated heterocycles. The van der Waals surface area contributed by atoms with E-state index in [0.717, 1.165) is 12.5 Å². The fourth-order valence-corrected chi connectivity index (χ4v) is 4.02. The lowest BCUT2D eigenvalue weighted by Crippen LogP contribution is -2.40. The summed E-state index contributed by atoms with van der Waals surface area (Å²) in [4.78, 5) is 34.7. The number of carbonyl (C=O) groups excluding carboxylic acids is 2. The third kappa shape index (κ3) is 6.08. The van der Waals surface area contributed by atoms with Crippen molar-refractivity contribution in [2.24, 2.45) is 0 Å². The minimum atomic E-state index is -4.51. The molecule has 3 heterocycles. The van der Waals surface area contributed by atoms with E-state index in [1.807, 2.05) is 6.92 Å². The molecule has 0 aliphatic heterocycles. The first kappa shape index (κ1) is 25.1. The number of carbonyl (C=O) groups is 2. The molecule has 0 aromatic carbocycles. The van der Waals surface area contributed by atoms with Crippen LogP contribution < -0.4 is 11.1 Å². The average Bonchev–Trinajstić information content (AvgIpc) is 3.23. The summed E-state index contributed by atoms with van der Waals surface area (Å²) in [7, 11) is 0. The Hall–Kier alpha value is -2.54. The molecular formula is C19H20F3IN7O2P. The summed E-state index contributed by atoms with van der Waals surface area (Å²) in [5.41, 5.74) is 5.86. The number of nitrogens with one attached hydrogen (secondary N) is 1. The topological polar surface area (TPSA) is 119 Å². The van der Waals surface area contributed by atoms with Crippen molar-refractivity contribution >= 4 is 62.6 Å². The summed E-state index contributed by atoms with van der Waals surface area (Å²) >= 11 is 2.14. The number of nitrogen functional groups attached to an aromatic ring is 1. The van der Waals surface area contributed by atoms with Crippen LogP contribution in [0.1, 0.15) is 31.0 Å². The summed E-state index contributed by atoms with van der Waals surface area (Å²) in [6.45, 7) is 2.05. The van der Waals surface area contributed by atoms with Crippen molar-refractivity contribution in [2.45, 2.75) is 32.5 Å². The Morgan fingerprint density at radius 3 is 2.64 bits per heavy atom. The van der Waals surface area contributed by atoms with Crippen molar-refractivity contribution < 1.29 is 22.8 Å². The first-order valence-electron chi connectivity index (χ1n) is 9.77. The number of unbranched alkanes of at least 4 members (excludes halogenated alkanes) is 1. The van der Waals surface area contributed by atoms with Crippen LogP contribution in [0.15, 0.2) is 30.7 Å². The molecule has 3 aromatic rings. The molecular weight excluding hydrogens is 573 g/mol. The van der Waals surface area contributed by atoms with Crippen molar-refractivity contribution in [3.05, 3.63) is 42.0 Å². The van der Waals surface area contributed by atoms with Gasteiger partial charge in [0.05, 0.1) is 41.4 Å². The number of anilines is 2. The van der Waals surface area contributed by atoms with Gasteiger partial charge in [-0.15, -0.1) is 0 Å². The SMILES string of the molecule is CCCCN(Cc1ccc(C(F)(F)F)cn1)C(=O)C(=O)Nc1cnc(N)c2cn(PI)nc12. The molecule has 0 aliphatic rings. The lowest BCUT2D eigenvalue weighted by Gasteiger charge is -2.22. The summed E-state index contributed by atoms with van der Waals surface area (Å²) in [5.74, 6) is -1.52. The Kier molecular flexibility index (Phi) is 8.05. The van der Waals surface area contributed by atoms with Gasteiger partial charge in [-0.3, -0.25) is 14.6 Å². The molecule has 0 aliphatic carbocycles. The second-order valence-electron chi connectivity index (χ2n) is 7.05. The van der Waals surface area contributed by atoms with Crippen molar-refractivity contribution in [2.75, 3.05) is 17.6 Å². The molecule has 3 N–H and O–H groups in total. The Bertz CT molecular complexity index is 1150. The Morgan fingerprint density at radius 2 is 2.03 bits per heavy atom. The number of hydrogen-bond acceptors (Lipinski definition) is 6. The van der Waals surface area contributed by atoms with Crippen molar-refractivity contribution in [1.82, 2.24) is 24.4 Å². The fourth-order valence-electron chi connectivity index (χ4n) is 2.96. The van der Waals surface area contributed by atoms with Gasteiger partial charge < -0.3 is 16.0 Å². The number of amides is 2. The van der Waals surface area contributed by atoms with E-state index in [9.17, 15) is 22.8 Å². The van der Waals surface area contributed by atoms with Crippen LogP contribution in [0.5, 0.6) is 0 Å². The summed E-state index contributed by atoms with van der Waals surface area (Å²) in [6.07, 6.45) is 0.879. The van der Waals surface area contributed by atoms with Gasteiger partial charge in [0.1, 0.15) is 11.3 Å². The highest BCUT2D eigenvalue weighted by molar-refractivity contribution is 14.2. The van der Waals surface area contributed by atoms with E-state index in [1.165, 1.54) is 17.2 Å². The van der Waals surface area contributed by atoms with E-state index in [-0.39, 0.29) is 30.3 Å². The lowest BCUT2D eigenvalue weighted by molar-refractivity contribution is -0.143. The second-order valence-corrected chi connectivity index (χ2v) is 9.12. The number of aromatic nitrogens is 4. The number of nitrogens with two attached hydrogens (primary N) is 1. The van der Waals surface area contributed by atoms with E-state index in [0.29, 0.717) is 29.9 Å². The van der Waals surface area contributed by atoms with E-state index in [1.54, 1.807) is 10.6 Å². The molecule has 0 spiro atoms. The van der Waals surface area contributed by atoms with E-state index >= 15 is 0 Å². The zero-order valence-corrected chi connectivity index (χ0v) is 20.5. The second kappa shape index (κ2) is 10.6. The van der Waals surface area contributed by atoms with Crippen LogP contribution >= 0.6 is 28.4 Å². The number of nitrogens with zero attached hydrogens (tertiary/aromatic N) is 5. The standard InChI is InChI=1S/C19H20F3IN7O2P/c1-2-3-6-29(9-12-5-4-11(7-25-12)19(20,21)22)18(32)17(31)27-14-8-26-16(24)13-10-30(33-23)28-15(13)14/h4-5,7-8,10,33H,2-3,6,9H2,1H3,(H2,24,26)(H,27,31). The van der Waals surface area contributed by atoms with Gasteiger partial charge in [-0.25, -0.2) is 9.44 Å². The molecule has 0 fully saturated rings. The lowest BCUT2D eigenvalue weighted by atomic mass is 10.2. The average molecular weight is 593 g/mol. The zero-order chi connectivity index (χ0) is 24.2. The monoisotopic (exact) mass is 593 g/mol. The fraction of sp³-hybridized carbons (Fsp3) is 0.316. The van der Waals surface area contributed by atoms with Gasteiger partial charge in [0.25, 0.3) is 0 Å². The molecule has 3 aromatic heterocycles. The maximum Gasteiger partial charge on any atom is 0.417 e. The minimum absolute atomic E-state index is 0.107. The van der Waals surface area contributed by atoms with Crippen molar-refractivity contribution in [1.29, 1.82) is 0 Å². The molecule has 9 nitrogen and oxygen atoms in total. The molecule has 0 saturated carbocycles. The molecule has 1 unspecified atom stereocenters. The predicted octanol–water partition coefficient (Wildman–Crippen LogP) is 3.99. The highest BCUT2D eigenvalue weighted by Gasteiger charge is 2.31. The van der Waals surface area contributed by atoms with Gasteiger partial charge in [-0.2, -0.15) is 18.3 Å². The normalized spacial score (nSPS) is 11.9. The molecule has 14 heteroatoms. The first-order valence-corrected chi connectivity index (χ1v) is 13.8. The molecule has 176 valence electrons. The van der Waals surface area contributed by atoms with E-state index in [4.69, 9.17) is 5.73 Å². The number of alkyl halides is 3. The zero-order valence-electron chi connectivity index (χ0n) is 17.4. The number of hydrogen-bond donors (Lipinski definition) is 2. The van der Waals surface area contributed by atoms with E-state index < -0.39 is 23.6 Å². The molecule has 33 heavy (non-hydrogen) atoms. The summed E-state index contributed by atoms with van der Waals surface area (Å²) < 4.78 is 40.0.